The van der Waals surface area contributed by atoms with Crippen molar-refractivity contribution in [3.63, 3.8) is 0 Å². The van der Waals surface area contributed by atoms with E-state index in [-0.39, 0.29) is 18.3 Å². The van der Waals surface area contributed by atoms with Gasteiger partial charge in [0.15, 0.2) is 11.7 Å². The molecule has 0 spiro atoms. The van der Waals surface area contributed by atoms with Crippen LogP contribution < -0.4 is 10.1 Å². The highest BCUT2D eigenvalue weighted by molar-refractivity contribution is 7.15. The van der Waals surface area contributed by atoms with Crippen LogP contribution in [0, 0.1) is 0 Å². The summed E-state index contributed by atoms with van der Waals surface area (Å²) in [7, 11) is 0. The Morgan fingerprint density at radius 3 is 2.50 bits per heavy atom. The minimum atomic E-state index is -0.217. The number of carbonyl (C=O) groups is 2. The first-order valence-corrected chi connectivity index (χ1v) is 9.83. The predicted molar refractivity (Wildman–Crippen MR) is 105 cm³/mol. The Balaban J connectivity index is 1.84. The maximum atomic E-state index is 12.1. The van der Waals surface area contributed by atoms with Crippen LogP contribution in [0.25, 0.3) is 0 Å². The maximum Gasteiger partial charge on any atom is 0.264 e. The summed E-state index contributed by atoms with van der Waals surface area (Å²) in [5, 5.41) is 3.45. The Bertz CT molecular complexity index is 738. The molecule has 0 radical (unpaired) electrons. The van der Waals surface area contributed by atoms with E-state index in [2.05, 4.69) is 24.1 Å². The first kappa shape index (κ1) is 20.1. The molecule has 0 aliphatic heterocycles. The summed E-state index contributed by atoms with van der Waals surface area (Å²) in [4.78, 5) is 28.8. The Morgan fingerprint density at radius 1 is 1.15 bits per heavy atom. The van der Waals surface area contributed by atoms with Crippen LogP contribution in [0.3, 0.4) is 0 Å². The Kier molecular flexibility index (Phi) is 7.78. The van der Waals surface area contributed by atoms with Crippen LogP contribution >= 0.6 is 11.3 Å². The number of amides is 1. The third-order valence-electron chi connectivity index (χ3n) is 3.89. The molecular weight excluding hydrogens is 348 g/mol. The number of nitrogens with one attached hydrogen (secondary N) is 1. The van der Waals surface area contributed by atoms with Gasteiger partial charge in [-0.05, 0) is 43.9 Å². The molecule has 2 aromatic rings. The number of hydrogen-bond acceptors (Lipinski definition) is 5. The van der Waals surface area contributed by atoms with E-state index in [9.17, 15) is 9.59 Å². The molecule has 0 bridgehead atoms. The highest BCUT2D eigenvalue weighted by Crippen LogP contribution is 2.24. The van der Waals surface area contributed by atoms with Gasteiger partial charge >= 0.3 is 0 Å². The molecule has 2 rings (SSSR count). The zero-order valence-electron chi connectivity index (χ0n) is 15.6. The highest BCUT2D eigenvalue weighted by atomic mass is 32.1. The summed E-state index contributed by atoms with van der Waals surface area (Å²) >= 11 is 1.53. The fourth-order valence-corrected chi connectivity index (χ4v) is 3.49. The lowest BCUT2D eigenvalue weighted by molar-refractivity contribution is -0.118. The van der Waals surface area contributed by atoms with Crippen LogP contribution in [0.1, 0.15) is 49.7 Å². The van der Waals surface area contributed by atoms with Crippen molar-refractivity contribution in [1.29, 1.82) is 0 Å². The molecular formula is C20H26N2O3S. The van der Waals surface area contributed by atoms with E-state index in [0.29, 0.717) is 17.3 Å². The average Bonchev–Trinajstić information content (AvgIpc) is 3.00. The predicted octanol–water partition coefficient (Wildman–Crippen LogP) is 4.20. The number of aromatic nitrogens is 1. The van der Waals surface area contributed by atoms with Gasteiger partial charge in [-0.1, -0.05) is 32.4 Å². The molecule has 5 nitrogen and oxygen atoms in total. The standard InChI is InChI=1S/C20H26N2O3S/c1-4-6-17-18(5-2)26-20(21-17)22-19(24)13-25-16-11-9-15(10-12-16)8-7-14(3)23/h9-12H,4-8,13H2,1-3H3,(H,21,22,24). The number of thiazole rings is 1. The van der Waals surface area contributed by atoms with Crippen molar-refractivity contribution < 1.29 is 14.3 Å². The molecule has 0 saturated heterocycles. The van der Waals surface area contributed by atoms with Crippen molar-refractivity contribution in [2.75, 3.05) is 11.9 Å². The van der Waals surface area contributed by atoms with Crippen molar-refractivity contribution in [3.05, 3.63) is 40.4 Å². The van der Waals surface area contributed by atoms with Crippen LogP contribution in [-0.4, -0.2) is 23.3 Å². The molecule has 1 N–H and O–H groups in total. The third kappa shape index (κ3) is 6.26. The first-order chi connectivity index (χ1) is 12.5. The minimum Gasteiger partial charge on any atom is -0.484 e. The highest BCUT2D eigenvalue weighted by Gasteiger charge is 2.12. The van der Waals surface area contributed by atoms with Gasteiger partial charge in [0.1, 0.15) is 11.5 Å². The number of Topliss-reactive ketones (excluding diaryl/α,β-unsaturated/α-hetero) is 1. The molecule has 1 amide bonds. The van der Waals surface area contributed by atoms with Gasteiger partial charge in [-0.25, -0.2) is 4.98 Å². The van der Waals surface area contributed by atoms with Crippen molar-refractivity contribution >= 4 is 28.2 Å². The molecule has 0 atom stereocenters. The van der Waals surface area contributed by atoms with E-state index in [1.165, 1.54) is 16.2 Å². The molecule has 0 aliphatic rings. The molecule has 6 heteroatoms. The molecule has 0 saturated carbocycles. The van der Waals surface area contributed by atoms with Gasteiger partial charge in [0, 0.05) is 11.3 Å². The van der Waals surface area contributed by atoms with Crippen LogP contribution in [0.15, 0.2) is 24.3 Å². The van der Waals surface area contributed by atoms with Gasteiger partial charge in [0.2, 0.25) is 0 Å². The SMILES string of the molecule is CCCc1nc(NC(=O)COc2ccc(CCC(C)=O)cc2)sc1CC. The van der Waals surface area contributed by atoms with Crippen molar-refractivity contribution in [2.45, 2.75) is 52.9 Å². The average molecular weight is 375 g/mol. The number of ether oxygens (including phenoxy) is 1. The summed E-state index contributed by atoms with van der Waals surface area (Å²) in [5.74, 6) is 0.592. The number of carbonyl (C=O) groups excluding carboxylic acids is 2. The van der Waals surface area contributed by atoms with Crippen LogP contribution in [0.4, 0.5) is 5.13 Å². The smallest absolute Gasteiger partial charge is 0.264 e. The second-order valence-corrected chi connectivity index (χ2v) is 7.26. The van der Waals surface area contributed by atoms with Crippen LogP contribution in [-0.2, 0) is 28.9 Å². The van der Waals surface area contributed by atoms with E-state index in [1.807, 2.05) is 24.3 Å². The molecule has 26 heavy (non-hydrogen) atoms. The molecule has 0 unspecified atom stereocenters. The zero-order valence-corrected chi connectivity index (χ0v) is 16.4. The van der Waals surface area contributed by atoms with Gasteiger partial charge < -0.3 is 9.53 Å². The monoisotopic (exact) mass is 374 g/mol. The molecule has 0 fully saturated rings. The van der Waals surface area contributed by atoms with E-state index in [1.54, 1.807) is 6.92 Å². The number of nitrogens with zero attached hydrogens (tertiary/aromatic N) is 1. The van der Waals surface area contributed by atoms with Gasteiger partial charge in [0.25, 0.3) is 5.91 Å². The third-order valence-corrected chi connectivity index (χ3v) is 5.05. The molecule has 1 heterocycles. The fraction of sp³-hybridized carbons (Fsp3) is 0.450. The topological polar surface area (TPSA) is 68.3 Å². The Labute approximate surface area is 158 Å². The number of anilines is 1. The van der Waals surface area contributed by atoms with Crippen molar-refractivity contribution in [1.82, 2.24) is 4.98 Å². The number of ketones is 1. The molecule has 1 aromatic heterocycles. The number of hydrogen-bond donors (Lipinski definition) is 1. The fourth-order valence-electron chi connectivity index (χ4n) is 2.52. The molecule has 0 aliphatic carbocycles. The normalized spacial score (nSPS) is 10.6. The Hall–Kier alpha value is -2.21. The van der Waals surface area contributed by atoms with E-state index in [4.69, 9.17) is 4.74 Å². The minimum absolute atomic E-state index is 0.0586. The van der Waals surface area contributed by atoms with E-state index in [0.717, 1.165) is 36.9 Å². The van der Waals surface area contributed by atoms with Crippen LogP contribution in [0.2, 0.25) is 0 Å². The number of benzene rings is 1. The second kappa shape index (κ2) is 10.1. The maximum absolute atomic E-state index is 12.1. The van der Waals surface area contributed by atoms with Gasteiger partial charge in [-0.3, -0.25) is 10.1 Å². The molecule has 1 aromatic carbocycles. The second-order valence-electron chi connectivity index (χ2n) is 6.18. The van der Waals surface area contributed by atoms with E-state index < -0.39 is 0 Å². The summed E-state index contributed by atoms with van der Waals surface area (Å²) in [6.07, 6.45) is 4.16. The number of aryl methyl sites for hydroxylation is 3. The van der Waals surface area contributed by atoms with Gasteiger partial charge in [-0.2, -0.15) is 0 Å². The first-order valence-electron chi connectivity index (χ1n) is 9.01. The summed E-state index contributed by atoms with van der Waals surface area (Å²) in [5.41, 5.74) is 2.16. The lowest BCUT2D eigenvalue weighted by Crippen LogP contribution is -2.20. The van der Waals surface area contributed by atoms with Crippen LogP contribution in [0.5, 0.6) is 5.75 Å². The quantitative estimate of drug-likeness (QED) is 0.677. The van der Waals surface area contributed by atoms with Crippen molar-refractivity contribution in [3.8, 4) is 5.75 Å². The molecule has 140 valence electrons. The summed E-state index contributed by atoms with van der Waals surface area (Å²) in [6.45, 7) is 5.75. The van der Waals surface area contributed by atoms with E-state index >= 15 is 0 Å². The Morgan fingerprint density at radius 2 is 1.88 bits per heavy atom. The zero-order chi connectivity index (χ0) is 18.9. The van der Waals surface area contributed by atoms with Gasteiger partial charge in [0.05, 0.1) is 5.69 Å². The lowest BCUT2D eigenvalue weighted by atomic mass is 10.1. The summed E-state index contributed by atoms with van der Waals surface area (Å²) in [6, 6.07) is 7.48. The lowest BCUT2D eigenvalue weighted by Gasteiger charge is -2.07. The summed E-state index contributed by atoms with van der Waals surface area (Å²) < 4.78 is 5.53. The van der Waals surface area contributed by atoms with Crippen molar-refractivity contribution in [2.24, 2.45) is 0 Å². The largest absolute Gasteiger partial charge is 0.484 e. The number of rotatable bonds is 10. The van der Waals surface area contributed by atoms with Gasteiger partial charge in [-0.15, -0.1) is 11.3 Å².